The normalized spacial score (nSPS) is 39.9. The molecule has 5 atom stereocenters. The van der Waals surface area contributed by atoms with Gasteiger partial charge in [-0.2, -0.15) is 0 Å². The molecule has 3 rings (SSSR count). The summed E-state index contributed by atoms with van der Waals surface area (Å²) in [6.45, 7) is 7.84. The van der Waals surface area contributed by atoms with Crippen LogP contribution in [0.3, 0.4) is 0 Å². The summed E-state index contributed by atoms with van der Waals surface area (Å²) in [5.41, 5.74) is -2.79. The van der Waals surface area contributed by atoms with Crippen molar-refractivity contribution >= 4 is 11.9 Å². The van der Waals surface area contributed by atoms with E-state index in [2.05, 4.69) is 20.8 Å². The van der Waals surface area contributed by atoms with Crippen molar-refractivity contribution in [1.82, 2.24) is 0 Å². The van der Waals surface area contributed by atoms with Gasteiger partial charge >= 0.3 is 11.9 Å². The lowest BCUT2D eigenvalue weighted by Crippen LogP contribution is -2.68. The topological polar surface area (TPSA) is 93.1 Å². The molecule has 1 saturated carbocycles. The fraction of sp³-hybridized carbons (Fsp3) is 0.810. The van der Waals surface area contributed by atoms with E-state index < -0.39 is 29.2 Å². The standard InChI is InChI=1S/C21H32O6/c1-5-6-7-8-16(23)27-14-11-13-18(24)26-12-21(13,25)20(4)15(22)9-10-19(2,3)17(14)20/h11,14-15,17,22,25H,5-10,12H2,1-4H3/t14-,15-,17?,20+,21-/m1/s1. The lowest BCUT2D eigenvalue weighted by Gasteiger charge is -2.61. The predicted molar refractivity (Wildman–Crippen MR) is 98.6 cm³/mol. The van der Waals surface area contributed by atoms with Crippen LogP contribution in [-0.2, 0) is 19.1 Å². The highest BCUT2D eigenvalue weighted by molar-refractivity contribution is 5.94. The van der Waals surface area contributed by atoms with E-state index in [-0.39, 0.29) is 29.5 Å². The molecule has 152 valence electrons. The van der Waals surface area contributed by atoms with Gasteiger partial charge in [0.05, 0.1) is 11.7 Å². The minimum atomic E-state index is -1.57. The van der Waals surface area contributed by atoms with Gasteiger partial charge in [0.25, 0.3) is 0 Å². The lowest BCUT2D eigenvalue weighted by atomic mass is 9.45. The number of aliphatic hydroxyl groups is 2. The number of ether oxygens (including phenoxy) is 2. The molecule has 0 radical (unpaired) electrons. The van der Waals surface area contributed by atoms with Crippen molar-refractivity contribution in [2.45, 2.75) is 84.0 Å². The Morgan fingerprint density at radius 1 is 1.33 bits per heavy atom. The molecule has 1 saturated heterocycles. The summed E-state index contributed by atoms with van der Waals surface area (Å²) in [4.78, 5) is 24.7. The molecular formula is C21H32O6. The summed E-state index contributed by atoms with van der Waals surface area (Å²) in [7, 11) is 0. The number of esters is 2. The lowest BCUT2D eigenvalue weighted by molar-refractivity contribution is -0.226. The van der Waals surface area contributed by atoms with E-state index in [1.54, 1.807) is 13.0 Å². The fourth-order valence-electron chi connectivity index (χ4n) is 5.54. The van der Waals surface area contributed by atoms with Crippen molar-refractivity contribution in [3.8, 4) is 0 Å². The van der Waals surface area contributed by atoms with Gasteiger partial charge in [0.15, 0.2) is 0 Å². The Morgan fingerprint density at radius 3 is 2.70 bits per heavy atom. The van der Waals surface area contributed by atoms with Crippen molar-refractivity contribution in [3.63, 3.8) is 0 Å². The molecule has 2 fully saturated rings. The highest BCUT2D eigenvalue weighted by atomic mass is 16.6. The van der Waals surface area contributed by atoms with Crippen LogP contribution in [0.5, 0.6) is 0 Å². The summed E-state index contributed by atoms with van der Waals surface area (Å²) >= 11 is 0. The first-order chi connectivity index (χ1) is 12.6. The number of rotatable bonds is 5. The minimum Gasteiger partial charge on any atom is -0.459 e. The second kappa shape index (κ2) is 6.89. The number of fused-ring (bicyclic) bond motifs is 3. The van der Waals surface area contributed by atoms with Gasteiger partial charge < -0.3 is 19.7 Å². The fourth-order valence-corrected chi connectivity index (χ4v) is 5.54. The van der Waals surface area contributed by atoms with Crippen molar-refractivity contribution in [2.75, 3.05) is 6.61 Å². The Morgan fingerprint density at radius 2 is 2.04 bits per heavy atom. The van der Waals surface area contributed by atoms with Crippen molar-refractivity contribution < 1.29 is 29.3 Å². The Labute approximate surface area is 160 Å². The number of hydrogen-bond acceptors (Lipinski definition) is 6. The molecule has 0 spiro atoms. The largest absolute Gasteiger partial charge is 0.459 e. The van der Waals surface area contributed by atoms with Gasteiger partial charge in [-0.05, 0) is 30.8 Å². The van der Waals surface area contributed by atoms with Crippen LogP contribution in [0, 0.1) is 16.7 Å². The van der Waals surface area contributed by atoms with Gasteiger partial charge in [-0.3, -0.25) is 4.79 Å². The first-order valence-electron chi connectivity index (χ1n) is 10.1. The first kappa shape index (κ1) is 20.3. The zero-order chi connectivity index (χ0) is 20.0. The van der Waals surface area contributed by atoms with E-state index in [1.165, 1.54) is 0 Å². The van der Waals surface area contributed by atoms with Crippen LogP contribution >= 0.6 is 0 Å². The third-order valence-corrected chi connectivity index (χ3v) is 7.12. The third kappa shape index (κ3) is 3.01. The Hall–Kier alpha value is -1.40. The van der Waals surface area contributed by atoms with Crippen LogP contribution in [0.15, 0.2) is 11.6 Å². The SMILES string of the molecule is CCCCCC(=O)O[C@@H]1C=C2C(=O)OC[C@]2(O)[C@]2(C)C1C(C)(C)CC[C@H]2O. The van der Waals surface area contributed by atoms with Crippen LogP contribution in [0.4, 0.5) is 0 Å². The second-order valence-electron chi connectivity index (χ2n) is 9.23. The Bertz CT molecular complexity index is 653. The van der Waals surface area contributed by atoms with Crippen molar-refractivity contribution in [1.29, 1.82) is 0 Å². The second-order valence-corrected chi connectivity index (χ2v) is 9.23. The maximum absolute atomic E-state index is 12.4. The quantitative estimate of drug-likeness (QED) is 0.562. The van der Waals surface area contributed by atoms with E-state index >= 15 is 0 Å². The average Bonchev–Trinajstić information content (AvgIpc) is 2.88. The molecule has 2 N–H and O–H groups in total. The molecule has 6 nitrogen and oxygen atoms in total. The molecule has 2 aliphatic carbocycles. The zero-order valence-electron chi connectivity index (χ0n) is 16.8. The van der Waals surface area contributed by atoms with E-state index in [1.807, 2.05) is 0 Å². The smallest absolute Gasteiger partial charge is 0.337 e. The number of hydrogen-bond donors (Lipinski definition) is 2. The highest BCUT2D eigenvalue weighted by Gasteiger charge is 2.70. The van der Waals surface area contributed by atoms with Crippen molar-refractivity contribution in [2.24, 2.45) is 16.7 Å². The van der Waals surface area contributed by atoms with Gasteiger partial charge in [0, 0.05) is 17.8 Å². The molecule has 1 unspecified atom stereocenters. The summed E-state index contributed by atoms with van der Waals surface area (Å²) in [5.74, 6) is -1.23. The molecule has 3 aliphatic rings. The van der Waals surface area contributed by atoms with E-state index in [4.69, 9.17) is 9.47 Å². The predicted octanol–water partition coefficient (Wildman–Crippen LogP) is 2.51. The van der Waals surface area contributed by atoms with Gasteiger partial charge in [-0.15, -0.1) is 0 Å². The van der Waals surface area contributed by atoms with E-state index in [9.17, 15) is 19.8 Å². The van der Waals surface area contributed by atoms with Crippen molar-refractivity contribution in [3.05, 3.63) is 11.6 Å². The summed E-state index contributed by atoms with van der Waals surface area (Å²) < 4.78 is 11.0. The third-order valence-electron chi connectivity index (χ3n) is 7.12. The van der Waals surface area contributed by atoms with Gasteiger partial charge in [0.1, 0.15) is 18.3 Å². The number of carbonyl (C=O) groups excluding carboxylic acids is 2. The summed E-state index contributed by atoms with van der Waals surface area (Å²) in [6.07, 6.45) is 4.40. The molecular weight excluding hydrogens is 348 g/mol. The number of unbranched alkanes of at least 4 members (excludes halogenated alkanes) is 2. The molecule has 0 aromatic carbocycles. The number of aliphatic hydroxyl groups excluding tert-OH is 1. The maximum Gasteiger partial charge on any atom is 0.337 e. The molecule has 0 amide bonds. The average molecular weight is 380 g/mol. The number of cyclic esters (lactones) is 1. The summed E-state index contributed by atoms with van der Waals surface area (Å²) in [5, 5.41) is 22.4. The van der Waals surface area contributed by atoms with Crippen LogP contribution in [0.1, 0.15) is 66.2 Å². The van der Waals surface area contributed by atoms with Gasteiger partial charge in [-0.1, -0.05) is 40.5 Å². The van der Waals surface area contributed by atoms with E-state index in [0.717, 1.165) is 25.7 Å². The van der Waals surface area contributed by atoms with Crippen LogP contribution in [0.25, 0.3) is 0 Å². The number of carbonyl (C=O) groups is 2. The summed E-state index contributed by atoms with van der Waals surface area (Å²) in [6, 6.07) is 0. The molecule has 6 heteroatoms. The van der Waals surface area contributed by atoms with Crippen LogP contribution in [-0.4, -0.2) is 46.6 Å². The minimum absolute atomic E-state index is 0.115. The molecule has 27 heavy (non-hydrogen) atoms. The Balaban J connectivity index is 2.00. The molecule has 1 heterocycles. The van der Waals surface area contributed by atoms with Gasteiger partial charge in [-0.25, -0.2) is 4.79 Å². The molecule has 0 bridgehead atoms. The molecule has 0 aromatic rings. The first-order valence-corrected chi connectivity index (χ1v) is 10.1. The van der Waals surface area contributed by atoms with Crippen LogP contribution < -0.4 is 0 Å². The molecule has 0 aromatic heterocycles. The highest BCUT2D eigenvalue weighted by Crippen LogP contribution is 2.62. The van der Waals surface area contributed by atoms with Gasteiger partial charge in [0.2, 0.25) is 0 Å². The van der Waals surface area contributed by atoms with E-state index in [0.29, 0.717) is 12.8 Å². The maximum atomic E-state index is 12.4. The Kier molecular flexibility index (Phi) is 5.19. The van der Waals surface area contributed by atoms with Crippen LogP contribution in [0.2, 0.25) is 0 Å². The zero-order valence-corrected chi connectivity index (χ0v) is 16.8. The molecule has 1 aliphatic heterocycles. The monoisotopic (exact) mass is 380 g/mol.